The molecule has 0 radical (unpaired) electrons. The largest absolute Gasteiger partial charge is 0.395 e. The minimum Gasteiger partial charge on any atom is -0.395 e. The number of hydrogen-bond acceptors (Lipinski definition) is 6. The van der Waals surface area contributed by atoms with Crippen molar-refractivity contribution < 1.29 is 9.50 Å². The lowest BCUT2D eigenvalue weighted by atomic mass is 10.1. The molecule has 2 atom stereocenters. The molecule has 166 valence electrons. The summed E-state index contributed by atoms with van der Waals surface area (Å²) in [5.74, 6) is -0.431. The number of fused-ring (bicyclic) bond motifs is 3. The van der Waals surface area contributed by atoms with Gasteiger partial charge in [0, 0.05) is 36.8 Å². The van der Waals surface area contributed by atoms with Gasteiger partial charge in [0.1, 0.15) is 16.0 Å². The molecule has 0 unspecified atom stereocenters. The fourth-order valence-corrected chi connectivity index (χ4v) is 6.81. The van der Waals surface area contributed by atoms with E-state index in [1.54, 1.807) is 24.6 Å². The van der Waals surface area contributed by atoms with Crippen molar-refractivity contribution in [1.82, 2.24) is 18.7 Å². The number of aliphatic hydroxyl groups excluding tert-OH is 1. The first kappa shape index (κ1) is 21.4. The number of rotatable bonds is 3. The summed E-state index contributed by atoms with van der Waals surface area (Å²) in [7, 11) is 3.05. The number of benzene rings is 1. The molecule has 11 heteroatoms. The summed E-state index contributed by atoms with van der Waals surface area (Å²) in [6, 6.07) is 6.03. The highest BCUT2D eigenvalue weighted by Gasteiger charge is 2.37. The van der Waals surface area contributed by atoms with Crippen molar-refractivity contribution in [3.8, 4) is 11.3 Å². The Morgan fingerprint density at radius 2 is 2.06 bits per heavy atom. The zero-order valence-corrected chi connectivity index (χ0v) is 19.5. The normalized spacial score (nSPS) is 18.3. The maximum Gasteiger partial charge on any atom is 0.331 e. The van der Waals surface area contributed by atoms with Crippen molar-refractivity contribution in [1.29, 1.82) is 0 Å². The number of hydrogen-bond donors (Lipinski definition) is 1. The molecule has 32 heavy (non-hydrogen) atoms. The summed E-state index contributed by atoms with van der Waals surface area (Å²) in [6.07, 6.45) is 0. The molecule has 7 nitrogen and oxygen atoms in total. The second-order valence-electron chi connectivity index (χ2n) is 7.61. The fraction of sp³-hybridized carbons (Fsp3) is 0.286. The van der Waals surface area contributed by atoms with Gasteiger partial charge in [-0.25, -0.2) is 14.2 Å². The number of thiazole rings is 1. The summed E-state index contributed by atoms with van der Waals surface area (Å²) in [5, 5.41) is 12.6. The van der Waals surface area contributed by atoms with Crippen LogP contribution in [0.1, 0.15) is 16.0 Å². The molecule has 0 spiro atoms. The fourth-order valence-electron chi connectivity index (χ4n) is 4.30. The van der Waals surface area contributed by atoms with Crippen LogP contribution in [0.2, 0.25) is 5.15 Å². The first-order valence-corrected chi connectivity index (χ1v) is 12.0. The first-order chi connectivity index (χ1) is 15.3. The van der Waals surface area contributed by atoms with Gasteiger partial charge in [0.05, 0.1) is 34.1 Å². The Morgan fingerprint density at radius 3 is 2.72 bits per heavy atom. The van der Waals surface area contributed by atoms with Gasteiger partial charge >= 0.3 is 5.69 Å². The molecule has 0 amide bonds. The zero-order valence-electron chi connectivity index (χ0n) is 17.1. The molecule has 0 bridgehead atoms. The van der Waals surface area contributed by atoms with E-state index >= 15 is 0 Å². The van der Waals surface area contributed by atoms with Gasteiger partial charge in [0.2, 0.25) is 0 Å². The minimum atomic E-state index is -0.453. The van der Waals surface area contributed by atoms with Crippen LogP contribution >= 0.6 is 34.7 Å². The molecule has 5 rings (SSSR count). The number of thioether (sulfide) groups is 1. The van der Waals surface area contributed by atoms with Gasteiger partial charge < -0.3 is 9.67 Å². The Balaban J connectivity index is 1.97. The van der Waals surface area contributed by atoms with Crippen LogP contribution in [0.4, 0.5) is 4.39 Å². The third-order valence-electron chi connectivity index (χ3n) is 5.69. The van der Waals surface area contributed by atoms with Gasteiger partial charge in [-0.15, -0.1) is 23.1 Å². The highest BCUT2D eigenvalue weighted by molar-refractivity contribution is 8.00. The van der Waals surface area contributed by atoms with Crippen LogP contribution in [0.3, 0.4) is 0 Å². The Kier molecular flexibility index (Phi) is 5.28. The Labute approximate surface area is 194 Å². The zero-order chi connectivity index (χ0) is 22.7. The molecular weight excluding hydrogens is 475 g/mol. The monoisotopic (exact) mass is 492 g/mol. The Morgan fingerprint density at radius 1 is 1.28 bits per heavy atom. The molecule has 1 aliphatic heterocycles. The quantitative estimate of drug-likeness (QED) is 0.475. The third-order valence-corrected chi connectivity index (χ3v) is 8.47. The van der Waals surface area contributed by atoms with E-state index in [0.29, 0.717) is 38.9 Å². The molecule has 1 N–H and O–H groups in total. The topological polar surface area (TPSA) is 82.0 Å². The van der Waals surface area contributed by atoms with Crippen LogP contribution in [0.15, 0.2) is 39.2 Å². The maximum absolute atomic E-state index is 14.2. The molecule has 3 aromatic heterocycles. The van der Waals surface area contributed by atoms with E-state index in [1.165, 1.54) is 46.8 Å². The number of aryl methyl sites for hydroxylation is 1. The SMILES string of the molecule is Cn1c(=O)c2c(-c3cccc(F)c3)n3c(c2n(C)c1=O)[C@H](c1nc(Cl)cs1)S[C@H](CO)C3. The van der Waals surface area contributed by atoms with Crippen LogP contribution in [-0.4, -0.2) is 35.6 Å². The van der Waals surface area contributed by atoms with Gasteiger partial charge in [-0.2, -0.15) is 0 Å². The Hall–Kier alpha value is -2.40. The smallest absolute Gasteiger partial charge is 0.331 e. The van der Waals surface area contributed by atoms with E-state index < -0.39 is 17.1 Å². The summed E-state index contributed by atoms with van der Waals surface area (Å²) >= 11 is 8.99. The van der Waals surface area contributed by atoms with Crippen LogP contribution in [0.5, 0.6) is 0 Å². The number of halogens is 2. The molecule has 0 saturated heterocycles. The average Bonchev–Trinajstić information content (AvgIpc) is 3.37. The minimum absolute atomic E-state index is 0.0895. The third kappa shape index (κ3) is 3.16. The maximum atomic E-state index is 14.2. The van der Waals surface area contributed by atoms with Crippen LogP contribution in [0.25, 0.3) is 22.2 Å². The van der Waals surface area contributed by atoms with Crippen molar-refractivity contribution in [3.05, 3.63) is 72.2 Å². The van der Waals surface area contributed by atoms with Crippen molar-refractivity contribution in [2.75, 3.05) is 6.61 Å². The van der Waals surface area contributed by atoms with E-state index in [4.69, 9.17) is 11.6 Å². The number of nitrogens with zero attached hydrogens (tertiary/aromatic N) is 4. The average molecular weight is 493 g/mol. The van der Waals surface area contributed by atoms with E-state index in [1.807, 2.05) is 4.57 Å². The van der Waals surface area contributed by atoms with E-state index in [9.17, 15) is 19.1 Å². The van der Waals surface area contributed by atoms with Crippen molar-refractivity contribution in [3.63, 3.8) is 0 Å². The molecule has 4 aromatic rings. The second-order valence-corrected chi connectivity index (χ2v) is 10.3. The number of aromatic nitrogens is 4. The number of aliphatic hydroxyl groups is 1. The summed E-state index contributed by atoms with van der Waals surface area (Å²) in [4.78, 5) is 30.6. The second kappa shape index (κ2) is 7.87. The molecule has 0 saturated carbocycles. The van der Waals surface area contributed by atoms with Crippen molar-refractivity contribution in [2.24, 2.45) is 14.1 Å². The van der Waals surface area contributed by atoms with Gasteiger partial charge in [0.15, 0.2) is 0 Å². The molecule has 0 aliphatic carbocycles. The molecule has 4 heterocycles. The van der Waals surface area contributed by atoms with Crippen molar-refractivity contribution in [2.45, 2.75) is 17.0 Å². The molecule has 1 aliphatic rings. The highest BCUT2D eigenvalue weighted by Crippen LogP contribution is 2.49. The lowest BCUT2D eigenvalue weighted by molar-refractivity contribution is 0.284. The van der Waals surface area contributed by atoms with Crippen LogP contribution in [0, 0.1) is 5.82 Å². The van der Waals surface area contributed by atoms with E-state index in [2.05, 4.69) is 4.98 Å². The van der Waals surface area contributed by atoms with E-state index in [-0.39, 0.29) is 17.1 Å². The standard InChI is InChI=1S/C21H18ClFN4O3S2/c1-25-16-14(20(29)26(2)21(25)30)15(10-4-3-5-11(23)6-10)27-7-12(8-28)32-18(17(16)27)19-24-13(22)9-31-19/h3-6,9,12,18,28H,7-8H2,1-2H3/t12-,18+/m0/s1. The van der Waals surface area contributed by atoms with Crippen LogP contribution in [-0.2, 0) is 20.6 Å². The molecule has 1 aromatic carbocycles. The summed E-state index contributed by atoms with van der Waals surface area (Å²) < 4.78 is 18.6. The summed E-state index contributed by atoms with van der Waals surface area (Å²) in [6.45, 7) is 0.303. The predicted molar refractivity (Wildman–Crippen MR) is 125 cm³/mol. The van der Waals surface area contributed by atoms with Gasteiger partial charge in [-0.3, -0.25) is 13.9 Å². The van der Waals surface area contributed by atoms with Gasteiger partial charge in [-0.05, 0) is 12.1 Å². The van der Waals surface area contributed by atoms with Crippen LogP contribution < -0.4 is 11.2 Å². The lowest BCUT2D eigenvalue weighted by Gasteiger charge is -2.30. The molecular formula is C21H18ClFN4O3S2. The first-order valence-electron chi connectivity index (χ1n) is 9.77. The van der Waals surface area contributed by atoms with Crippen molar-refractivity contribution >= 4 is 45.6 Å². The summed E-state index contributed by atoms with van der Waals surface area (Å²) in [5.41, 5.74) is 1.35. The molecule has 0 fully saturated rings. The highest BCUT2D eigenvalue weighted by atomic mass is 35.5. The lowest BCUT2D eigenvalue weighted by Crippen LogP contribution is -2.37. The van der Waals surface area contributed by atoms with E-state index in [0.717, 1.165) is 10.3 Å². The van der Waals surface area contributed by atoms with Gasteiger partial charge in [0.25, 0.3) is 5.56 Å². The van der Waals surface area contributed by atoms with Gasteiger partial charge in [-0.1, -0.05) is 23.7 Å². The predicted octanol–water partition coefficient (Wildman–Crippen LogP) is 3.15. The Bertz CT molecular complexity index is 1490.